The summed E-state index contributed by atoms with van der Waals surface area (Å²) < 4.78 is 14.1. The predicted molar refractivity (Wildman–Crippen MR) is 135 cm³/mol. The number of piperazine rings is 1. The zero-order valence-corrected chi connectivity index (χ0v) is 19.9. The van der Waals surface area contributed by atoms with Crippen molar-refractivity contribution in [3.63, 3.8) is 0 Å². The number of aryl methyl sites for hydroxylation is 1. The fourth-order valence-electron chi connectivity index (χ4n) is 4.85. The number of carbonyl (C=O) groups excluding carboxylic acids is 2. The number of hydrogen-bond acceptors (Lipinski definition) is 5. The molecule has 5 nitrogen and oxygen atoms in total. The van der Waals surface area contributed by atoms with Crippen molar-refractivity contribution in [2.75, 3.05) is 42.9 Å². The molecule has 3 aromatic rings. The van der Waals surface area contributed by atoms with Crippen LogP contribution in [0.5, 0.6) is 0 Å². The lowest BCUT2D eigenvalue weighted by Crippen LogP contribution is -2.48. The molecular weight excluding hydrogens is 449 g/mol. The third-order valence-electron chi connectivity index (χ3n) is 6.62. The minimum Gasteiger partial charge on any atom is -0.367 e. The molecule has 1 fully saturated rings. The van der Waals surface area contributed by atoms with Crippen LogP contribution >= 0.6 is 11.3 Å². The van der Waals surface area contributed by atoms with E-state index < -0.39 is 0 Å². The van der Waals surface area contributed by atoms with E-state index in [0.29, 0.717) is 48.0 Å². The number of carbonyl (C=O) groups is 2. The van der Waals surface area contributed by atoms with Gasteiger partial charge in [0.05, 0.1) is 17.8 Å². The lowest BCUT2D eigenvalue weighted by molar-refractivity contribution is -0.117. The molecule has 1 aliphatic heterocycles. The summed E-state index contributed by atoms with van der Waals surface area (Å²) in [5.41, 5.74) is 3.04. The van der Waals surface area contributed by atoms with Gasteiger partial charge in [0, 0.05) is 36.6 Å². The average molecular weight is 478 g/mol. The monoisotopic (exact) mass is 477 g/mol. The highest BCUT2D eigenvalue weighted by Crippen LogP contribution is 2.39. The zero-order valence-electron chi connectivity index (χ0n) is 19.1. The first kappa shape index (κ1) is 22.7. The van der Waals surface area contributed by atoms with Crippen molar-refractivity contribution in [1.82, 2.24) is 4.90 Å². The molecule has 2 aliphatic rings. The van der Waals surface area contributed by atoms with Crippen molar-refractivity contribution in [3.05, 3.63) is 82.0 Å². The summed E-state index contributed by atoms with van der Waals surface area (Å²) in [7, 11) is 0. The molecule has 176 valence electrons. The van der Waals surface area contributed by atoms with Gasteiger partial charge >= 0.3 is 0 Å². The minimum atomic E-state index is -0.217. The first-order chi connectivity index (χ1) is 16.6. The lowest BCUT2D eigenvalue weighted by Gasteiger charge is -2.35. The van der Waals surface area contributed by atoms with Crippen molar-refractivity contribution < 1.29 is 14.0 Å². The van der Waals surface area contributed by atoms with E-state index in [2.05, 4.69) is 10.2 Å². The molecule has 1 N–H and O–H groups in total. The number of nitrogens with one attached hydrogen (secondary N) is 1. The van der Waals surface area contributed by atoms with Crippen LogP contribution in [0.25, 0.3) is 0 Å². The molecule has 34 heavy (non-hydrogen) atoms. The Kier molecular flexibility index (Phi) is 6.74. The third kappa shape index (κ3) is 4.76. The Morgan fingerprint density at radius 3 is 2.38 bits per heavy atom. The number of para-hydroxylation sites is 1. The number of benzene rings is 2. The van der Waals surface area contributed by atoms with Gasteiger partial charge in [-0.1, -0.05) is 42.5 Å². The number of nitrogens with zero attached hydrogens (tertiary/aromatic N) is 2. The smallest absolute Gasteiger partial charge is 0.239 e. The Bertz CT molecular complexity index is 1190. The maximum Gasteiger partial charge on any atom is 0.239 e. The summed E-state index contributed by atoms with van der Waals surface area (Å²) in [5.74, 6) is -0.347. The molecule has 5 rings (SSSR count). The van der Waals surface area contributed by atoms with Gasteiger partial charge in [0.1, 0.15) is 10.8 Å². The highest BCUT2D eigenvalue weighted by molar-refractivity contribution is 7.17. The molecule has 0 atom stereocenters. The van der Waals surface area contributed by atoms with E-state index in [4.69, 9.17) is 0 Å². The summed E-state index contributed by atoms with van der Waals surface area (Å²) in [6, 6.07) is 16.1. The summed E-state index contributed by atoms with van der Waals surface area (Å²) >= 11 is 1.55. The quantitative estimate of drug-likeness (QED) is 0.521. The van der Waals surface area contributed by atoms with Crippen LogP contribution in [0.4, 0.5) is 15.1 Å². The van der Waals surface area contributed by atoms with Crippen molar-refractivity contribution in [1.29, 1.82) is 0 Å². The Balaban J connectivity index is 1.27. The molecule has 2 aromatic carbocycles. The van der Waals surface area contributed by atoms with Gasteiger partial charge in [0.2, 0.25) is 5.91 Å². The molecular formula is C27H28FN3O2S. The molecule has 0 radical (unpaired) electrons. The molecule has 1 aliphatic carbocycles. The number of fused-ring (bicyclic) bond motifs is 1. The Hall–Kier alpha value is -3.03. The van der Waals surface area contributed by atoms with Gasteiger partial charge in [-0.3, -0.25) is 14.5 Å². The van der Waals surface area contributed by atoms with E-state index in [-0.39, 0.29) is 24.1 Å². The molecule has 1 aromatic heterocycles. The second-order valence-corrected chi connectivity index (χ2v) is 9.98. The molecule has 2 heterocycles. The topological polar surface area (TPSA) is 52.7 Å². The van der Waals surface area contributed by atoms with E-state index in [1.807, 2.05) is 41.3 Å². The second-order valence-electron chi connectivity index (χ2n) is 8.87. The molecule has 0 bridgehead atoms. The molecule has 7 heteroatoms. The van der Waals surface area contributed by atoms with Crippen molar-refractivity contribution in [2.24, 2.45) is 0 Å². The fraction of sp³-hybridized carbons (Fsp3) is 0.333. The van der Waals surface area contributed by atoms with Gasteiger partial charge < -0.3 is 10.2 Å². The van der Waals surface area contributed by atoms with Crippen molar-refractivity contribution in [2.45, 2.75) is 25.7 Å². The fourth-order valence-corrected chi connectivity index (χ4v) is 6.16. The largest absolute Gasteiger partial charge is 0.367 e. The normalized spacial score (nSPS) is 16.2. The van der Waals surface area contributed by atoms with Gasteiger partial charge in [-0.15, -0.1) is 11.3 Å². The number of rotatable bonds is 6. The number of anilines is 2. The van der Waals surface area contributed by atoms with E-state index in [1.54, 1.807) is 23.5 Å². The number of halogens is 1. The predicted octanol–water partition coefficient (Wildman–Crippen LogP) is 4.76. The van der Waals surface area contributed by atoms with E-state index in [0.717, 1.165) is 31.2 Å². The first-order valence-electron chi connectivity index (χ1n) is 11.9. The summed E-state index contributed by atoms with van der Waals surface area (Å²) in [4.78, 5) is 31.7. The molecule has 0 saturated carbocycles. The maximum atomic E-state index is 14.1. The van der Waals surface area contributed by atoms with Crippen molar-refractivity contribution >= 4 is 33.7 Å². The third-order valence-corrected chi connectivity index (χ3v) is 7.83. The van der Waals surface area contributed by atoms with Crippen LogP contribution < -0.4 is 10.2 Å². The maximum absolute atomic E-state index is 14.1. The van der Waals surface area contributed by atoms with Crippen LogP contribution in [0, 0.1) is 5.82 Å². The van der Waals surface area contributed by atoms with Gasteiger partial charge in [0.25, 0.3) is 0 Å². The van der Waals surface area contributed by atoms with Crippen LogP contribution in [0.3, 0.4) is 0 Å². The van der Waals surface area contributed by atoms with E-state index in [1.165, 1.54) is 10.9 Å². The number of thiophene rings is 1. The summed E-state index contributed by atoms with van der Waals surface area (Å²) in [6.45, 7) is 2.95. The molecule has 1 amide bonds. The average Bonchev–Trinajstić information content (AvgIpc) is 3.22. The highest BCUT2D eigenvalue weighted by atomic mass is 32.1. The number of ketones is 1. The minimum absolute atomic E-state index is 0.0196. The number of hydrogen-bond donors (Lipinski definition) is 1. The molecule has 0 unspecified atom stereocenters. The van der Waals surface area contributed by atoms with Crippen LogP contribution in [-0.2, 0) is 17.6 Å². The Labute approximate surface area is 203 Å². The zero-order chi connectivity index (χ0) is 23.5. The Morgan fingerprint density at radius 1 is 0.912 bits per heavy atom. The standard InChI is InChI=1S/C27H28FN3O2S/c28-21-11-5-6-12-22(21)31-16-14-30(15-17-31)18-24(32)29-27-25(20-10-4-7-13-23(20)34-27)26(33)19-8-2-1-3-9-19/h1-3,5-6,8-9,11-12H,4,7,10,13-18H2,(H,29,32). The summed E-state index contributed by atoms with van der Waals surface area (Å²) in [5, 5.41) is 3.74. The van der Waals surface area contributed by atoms with Crippen LogP contribution in [0.15, 0.2) is 54.6 Å². The lowest BCUT2D eigenvalue weighted by atomic mass is 9.92. The van der Waals surface area contributed by atoms with Gasteiger partial charge in [-0.05, 0) is 43.4 Å². The van der Waals surface area contributed by atoms with Crippen LogP contribution in [-0.4, -0.2) is 49.3 Å². The van der Waals surface area contributed by atoms with Crippen molar-refractivity contribution in [3.8, 4) is 0 Å². The Morgan fingerprint density at radius 2 is 1.62 bits per heavy atom. The van der Waals surface area contributed by atoms with E-state index in [9.17, 15) is 14.0 Å². The highest BCUT2D eigenvalue weighted by Gasteiger charge is 2.28. The summed E-state index contributed by atoms with van der Waals surface area (Å²) in [6.07, 6.45) is 4.03. The molecule has 1 saturated heterocycles. The first-order valence-corrected chi connectivity index (χ1v) is 12.7. The van der Waals surface area contributed by atoms with E-state index >= 15 is 0 Å². The second kappa shape index (κ2) is 10.1. The van der Waals surface area contributed by atoms with Crippen LogP contribution in [0.2, 0.25) is 0 Å². The van der Waals surface area contributed by atoms with Gasteiger partial charge in [-0.25, -0.2) is 4.39 Å². The van der Waals surface area contributed by atoms with Crippen LogP contribution in [0.1, 0.15) is 39.2 Å². The van der Waals surface area contributed by atoms with Gasteiger partial charge in [0.15, 0.2) is 5.78 Å². The number of amides is 1. The van der Waals surface area contributed by atoms with Gasteiger partial charge in [-0.2, -0.15) is 0 Å². The molecule has 0 spiro atoms. The SMILES string of the molecule is O=C(CN1CCN(c2ccccc2F)CC1)Nc1sc2c(c1C(=O)c1ccccc1)CCCC2.